The lowest BCUT2D eigenvalue weighted by Crippen LogP contribution is -2.44. The Hall–Kier alpha value is -2.45. The predicted octanol–water partition coefficient (Wildman–Crippen LogP) is 4.53. The lowest BCUT2D eigenvalue weighted by molar-refractivity contribution is -0.117. The number of fused-ring (bicyclic) bond motifs is 1. The van der Waals surface area contributed by atoms with Gasteiger partial charge in [0.15, 0.2) is 0 Å². The zero-order valence-corrected chi connectivity index (χ0v) is 17.7. The lowest BCUT2D eigenvalue weighted by atomic mass is 10.2. The Balaban J connectivity index is 1.43. The second-order valence-electron chi connectivity index (χ2n) is 7.06. The maximum Gasteiger partial charge on any atom is 0.321 e. The van der Waals surface area contributed by atoms with E-state index < -0.39 is 6.03 Å². The molecular weight excluding hydrogens is 404 g/mol. The highest BCUT2D eigenvalue weighted by Crippen LogP contribution is 2.36. The van der Waals surface area contributed by atoms with Crippen molar-refractivity contribution in [2.75, 3.05) is 5.75 Å². The van der Waals surface area contributed by atoms with Crippen molar-refractivity contribution in [3.8, 4) is 10.4 Å². The Kier molecular flexibility index (Phi) is 6.10. The highest BCUT2D eigenvalue weighted by Gasteiger charge is 2.19. The van der Waals surface area contributed by atoms with Gasteiger partial charge in [-0.05, 0) is 31.4 Å². The molecule has 2 aromatic heterocycles. The van der Waals surface area contributed by atoms with E-state index in [0.717, 1.165) is 51.4 Å². The van der Waals surface area contributed by atoms with Crippen molar-refractivity contribution in [2.45, 2.75) is 43.7 Å². The number of benzene rings is 1. The first-order valence-electron chi connectivity index (χ1n) is 9.65. The number of thioether (sulfide) groups is 1. The zero-order chi connectivity index (χ0) is 20.2. The lowest BCUT2D eigenvalue weighted by Gasteiger charge is -2.12. The summed E-state index contributed by atoms with van der Waals surface area (Å²) in [5.74, 6) is 0.467. The summed E-state index contributed by atoms with van der Waals surface area (Å²) in [6.07, 6.45) is 4.22. The molecule has 150 valence electrons. The van der Waals surface area contributed by atoms with Crippen molar-refractivity contribution in [3.63, 3.8) is 0 Å². The van der Waals surface area contributed by atoms with Crippen LogP contribution in [0, 0.1) is 6.92 Å². The number of rotatable bonds is 5. The molecule has 0 radical (unpaired) electrons. The van der Waals surface area contributed by atoms with Gasteiger partial charge >= 0.3 is 6.03 Å². The fraction of sp³-hybridized carbons (Fsp3) is 0.333. The van der Waals surface area contributed by atoms with E-state index in [9.17, 15) is 9.59 Å². The number of hydrogen-bond acceptors (Lipinski definition) is 6. The summed E-state index contributed by atoms with van der Waals surface area (Å²) in [7, 11) is 0. The second kappa shape index (κ2) is 8.92. The molecule has 0 atom stereocenters. The van der Waals surface area contributed by atoms with E-state index in [0.29, 0.717) is 5.82 Å². The predicted molar refractivity (Wildman–Crippen MR) is 117 cm³/mol. The molecule has 1 aliphatic carbocycles. The Labute approximate surface area is 177 Å². The zero-order valence-electron chi connectivity index (χ0n) is 16.1. The normalized spacial score (nSPS) is 14.2. The number of nitrogens with zero attached hydrogens (tertiary/aromatic N) is 2. The van der Waals surface area contributed by atoms with Gasteiger partial charge in [0, 0.05) is 16.3 Å². The van der Waals surface area contributed by atoms with Gasteiger partial charge in [0.2, 0.25) is 5.91 Å². The number of carbonyl (C=O) groups is 2. The number of thiophene rings is 1. The van der Waals surface area contributed by atoms with Gasteiger partial charge in [-0.15, -0.1) is 11.3 Å². The maximum absolute atomic E-state index is 12.2. The van der Waals surface area contributed by atoms with Crippen molar-refractivity contribution in [1.82, 2.24) is 20.6 Å². The fourth-order valence-electron chi connectivity index (χ4n) is 3.44. The number of nitrogens with one attached hydrogen (secondary N) is 2. The van der Waals surface area contributed by atoms with Gasteiger partial charge in [-0.3, -0.25) is 10.1 Å². The molecule has 4 rings (SSSR count). The van der Waals surface area contributed by atoms with Gasteiger partial charge in [0.25, 0.3) is 0 Å². The summed E-state index contributed by atoms with van der Waals surface area (Å²) in [5, 5.41) is 6.98. The minimum Gasteiger partial charge on any atom is -0.335 e. The molecule has 3 aromatic rings. The molecular formula is C21H22N4O2S2. The van der Waals surface area contributed by atoms with Crippen LogP contribution in [0.5, 0.6) is 0 Å². The highest BCUT2D eigenvalue weighted by molar-refractivity contribution is 8.00. The number of urea groups is 1. The van der Waals surface area contributed by atoms with E-state index in [1.54, 1.807) is 11.3 Å². The number of amides is 3. The van der Waals surface area contributed by atoms with Gasteiger partial charge in [0.05, 0.1) is 5.75 Å². The van der Waals surface area contributed by atoms with Crippen LogP contribution in [0.3, 0.4) is 0 Å². The van der Waals surface area contributed by atoms with Gasteiger partial charge in [-0.25, -0.2) is 14.8 Å². The standard InChI is InChI=1S/C21H22N4O2S2/c1-13-22-19(28-12-18(26)25-21(27)24-15-9-5-6-10-15)16-11-17(29-20(16)23-13)14-7-3-2-4-8-14/h2-4,7-8,11,15H,5-6,9-10,12H2,1H3,(H2,24,25,26,27). The monoisotopic (exact) mass is 426 g/mol. The average Bonchev–Trinajstić information content (AvgIpc) is 3.36. The smallest absolute Gasteiger partial charge is 0.321 e. The number of aryl methyl sites for hydroxylation is 1. The van der Waals surface area contributed by atoms with E-state index in [-0.39, 0.29) is 17.7 Å². The van der Waals surface area contributed by atoms with Gasteiger partial charge in [-0.2, -0.15) is 0 Å². The number of hydrogen-bond donors (Lipinski definition) is 2. The first kappa shape index (κ1) is 19.8. The summed E-state index contributed by atoms with van der Waals surface area (Å²) in [4.78, 5) is 35.3. The average molecular weight is 427 g/mol. The molecule has 8 heteroatoms. The van der Waals surface area contributed by atoms with Gasteiger partial charge in [0.1, 0.15) is 15.7 Å². The highest BCUT2D eigenvalue weighted by atomic mass is 32.2. The first-order valence-corrected chi connectivity index (χ1v) is 11.5. The second-order valence-corrected chi connectivity index (χ2v) is 9.06. The molecule has 1 aromatic carbocycles. The summed E-state index contributed by atoms with van der Waals surface area (Å²) in [5.41, 5.74) is 1.13. The summed E-state index contributed by atoms with van der Waals surface area (Å²) in [6, 6.07) is 12.0. The summed E-state index contributed by atoms with van der Waals surface area (Å²) < 4.78 is 0. The summed E-state index contributed by atoms with van der Waals surface area (Å²) >= 11 is 2.94. The van der Waals surface area contributed by atoms with Crippen molar-refractivity contribution >= 4 is 45.3 Å². The minimum absolute atomic E-state index is 0.125. The number of aromatic nitrogens is 2. The van der Waals surface area contributed by atoms with Crippen LogP contribution >= 0.6 is 23.1 Å². The Morgan fingerprint density at radius 2 is 1.93 bits per heavy atom. The molecule has 1 aliphatic rings. The van der Waals surface area contributed by atoms with Crippen molar-refractivity contribution in [2.24, 2.45) is 0 Å². The molecule has 0 bridgehead atoms. The largest absolute Gasteiger partial charge is 0.335 e. The SMILES string of the molecule is Cc1nc(SCC(=O)NC(=O)NC2CCCC2)c2cc(-c3ccccc3)sc2n1. The van der Waals surface area contributed by atoms with Gasteiger partial charge in [-0.1, -0.05) is 54.9 Å². The molecule has 3 amide bonds. The van der Waals surface area contributed by atoms with Crippen LogP contribution in [-0.4, -0.2) is 33.7 Å². The minimum atomic E-state index is -0.409. The van der Waals surface area contributed by atoms with Crippen molar-refractivity contribution in [1.29, 1.82) is 0 Å². The molecule has 29 heavy (non-hydrogen) atoms. The van der Waals surface area contributed by atoms with Crippen LogP contribution in [0.1, 0.15) is 31.5 Å². The third-order valence-corrected chi connectivity index (χ3v) is 6.88. The van der Waals surface area contributed by atoms with E-state index in [1.165, 1.54) is 11.8 Å². The Morgan fingerprint density at radius 1 is 1.17 bits per heavy atom. The molecule has 2 heterocycles. The van der Waals surface area contributed by atoms with Crippen LogP contribution in [0.25, 0.3) is 20.7 Å². The third kappa shape index (κ3) is 4.94. The third-order valence-electron chi connectivity index (χ3n) is 4.81. The van der Waals surface area contributed by atoms with Crippen LogP contribution in [0.15, 0.2) is 41.4 Å². The maximum atomic E-state index is 12.2. The topological polar surface area (TPSA) is 84.0 Å². The molecule has 1 saturated carbocycles. The number of imide groups is 1. The molecule has 1 fully saturated rings. The molecule has 0 unspecified atom stereocenters. The van der Waals surface area contributed by atoms with Crippen LogP contribution in [-0.2, 0) is 4.79 Å². The van der Waals surface area contributed by atoms with E-state index in [4.69, 9.17) is 0 Å². The summed E-state index contributed by atoms with van der Waals surface area (Å²) in [6.45, 7) is 1.85. The van der Waals surface area contributed by atoms with E-state index in [2.05, 4.69) is 38.8 Å². The van der Waals surface area contributed by atoms with Gasteiger partial charge < -0.3 is 5.32 Å². The van der Waals surface area contributed by atoms with Crippen molar-refractivity contribution < 1.29 is 9.59 Å². The molecule has 2 N–H and O–H groups in total. The number of carbonyl (C=O) groups excluding carboxylic acids is 2. The molecule has 0 spiro atoms. The quantitative estimate of drug-likeness (QED) is 0.463. The molecule has 0 saturated heterocycles. The molecule has 6 nitrogen and oxygen atoms in total. The van der Waals surface area contributed by atoms with Crippen LogP contribution in [0.4, 0.5) is 4.79 Å². The van der Waals surface area contributed by atoms with E-state index in [1.807, 2.05) is 25.1 Å². The first-order chi connectivity index (χ1) is 14.1. The van der Waals surface area contributed by atoms with Crippen LogP contribution in [0.2, 0.25) is 0 Å². The van der Waals surface area contributed by atoms with Crippen molar-refractivity contribution in [3.05, 3.63) is 42.2 Å². The Morgan fingerprint density at radius 3 is 2.69 bits per heavy atom. The van der Waals surface area contributed by atoms with Crippen LogP contribution < -0.4 is 10.6 Å². The fourth-order valence-corrected chi connectivity index (χ4v) is 5.43. The Bertz CT molecular complexity index is 1030. The molecule has 0 aliphatic heterocycles. The van der Waals surface area contributed by atoms with E-state index >= 15 is 0 Å².